The molecule has 2 saturated heterocycles. The van der Waals surface area contributed by atoms with E-state index in [4.69, 9.17) is 4.74 Å². The zero-order valence-corrected chi connectivity index (χ0v) is 13.2. The van der Waals surface area contributed by atoms with Gasteiger partial charge in [0.2, 0.25) is 5.91 Å². The minimum atomic E-state index is -0.181. The number of benzene rings is 1. The van der Waals surface area contributed by atoms with Crippen LogP contribution in [0.15, 0.2) is 24.3 Å². The van der Waals surface area contributed by atoms with Crippen LogP contribution in [0, 0.1) is 5.41 Å². The molecule has 21 heavy (non-hydrogen) atoms. The second-order valence-electron chi connectivity index (χ2n) is 5.82. The summed E-state index contributed by atoms with van der Waals surface area (Å²) < 4.78 is 5.27. The van der Waals surface area contributed by atoms with Gasteiger partial charge in [0, 0.05) is 24.8 Å². The minimum Gasteiger partial charge on any atom is -0.497 e. The highest BCUT2D eigenvalue weighted by Gasteiger charge is 2.44. The van der Waals surface area contributed by atoms with Crippen molar-refractivity contribution < 1.29 is 9.53 Å². The number of nitrogens with zero attached hydrogens (tertiary/aromatic N) is 1. The zero-order chi connectivity index (χ0) is 14.0. The summed E-state index contributed by atoms with van der Waals surface area (Å²) in [6.07, 6.45) is 4.20. The highest BCUT2D eigenvalue weighted by Crippen LogP contribution is 2.39. The first-order valence-corrected chi connectivity index (χ1v) is 7.42. The van der Waals surface area contributed by atoms with Crippen molar-refractivity contribution in [2.45, 2.75) is 25.7 Å². The van der Waals surface area contributed by atoms with E-state index in [0.29, 0.717) is 0 Å². The summed E-state index contributed by atoms with van der Waals surface area (Å²) in [7, 11) is 1.66. The Morgan fingerprint density at radius 2 is 2.10 bits per heavy atom. The van der Waals surface area contributed by atoms with E-state index in [1.165, 1.54) is 0 Å². The third-order valence-electron chi connectivity index (χ3n) is 4.57. The van der Waals surface area contributed by atoms with Crippen LogP contribution in [-0.4, -0.2) is 32.7 Å². The van der Waals surface area contributed by atoms with Crippen LogP contribution in [0.4, 0.5) is 5.69 Å². The van der Waals surface area contributed by atoms with Crippen LogP contribution in [0.25, 0.3) is 0 Å². The van der Waals surface area contributed by atoms with Gasteiger partial charge in [-0.2, -0.15) is 0 Å². The Labute approximate surface area is 132 Å². The van der Waals surface area contributed by atoms with Crippen molar-refractivity contribution in [3.05, 3.63) is 24.3 Å². The molecule has 116 valence electrons. The molecule has 4 nitrogen and oxygen atoms in total. The summed E-state index contributed by atoms with van der Waals surface area (Å²) in [6, 6.07) is 7.81. The summed E-state index contributed by atoms with van der Waals surface area (Å²) in [5, 5.41) is 3.40. The molecule has 0 aliphatic carbocycles. The van der Waals surface area contributed by atoms with Gasteiger partial charge >= 0.3 is 0 Å². The quantitative estimate of drug-likeness (QED) is 0.913. The first-order valence-electron chi connectivity index (χ1n) is 7.42. The fraction of sp³-hybridized carbons (Fsp3) is 0.562. The molecule has 2 aliphatic heterocycles. The maximum Gasteiger partial charge on any atom is 0.234 e. The maximum absolute atomic E-state index is 12.9. The molecule has 1 aromatic carbocycles. The van der Waals surface area contributed by atoms with Gasteiger partial charge in [0.25, 0.3) is 0 Å². The lowest BCUT2D eigenvalue weighted by Crippen LogP contribution is -2.55. The molecule has 0 bridgehead atoms. The number of hydrogen-bond donors (Lipinski definition) is 1. The third-order valence-corrected chi connectivity index (χ3v) is 4.57. The molecule has 1 atom stereocenters. The molecule has 0 aromatic heterocycles. The lowest BCUT2D eigenvalue weighted by molar-refractivity contribution is -0.131. The van der Waals surface area contributed by atoms with Gasteiger partial charge in [0.1, 0.15) is 5.75 Å². The summed E-state index contributed by atoms with van der Waals surface area (Å²) in [6.45, 7) is 2.67. The van der Waals surface area contributed by atoms with Gasteiger partial charge in [0.05, 0.1) is 12.5 Å². The molecule has 3 rings (SSSR count). The molecule has 2 fully saturated rings. The first-order chi connectivity index (χ1) is 9.75. The number of halogens is 1. The largest absolute Gasteiger partial charge is 0.497 e. The Hall–Kier alpha value is -1.26. The monoisotopic (exact) mass is 310 g/mol. The van der Waals surface area contributed by atoms with Crippen LogP contribution in [0.2, 0.25) is 0 Å². The molecule has 1 unspecified atom stereocenters. The van der Waals surface area contributed by atoms with Gasteiger partial charge in [-0.15, -0.1) is 12.4 Å². The van der Waals surface area contributed by atoms with E-state index < -0.39 is 0 Å². The molecule has 1 spiro atoms. The summed E-state index contributed by atoms with van der Waals surface area (Å²) >= 11 is 0. The van der Waals surface area contributed by atoms with E-state index in [9.17, 15) is 4.79 Å². The second-order valence-corrected chi connectivity index (χ2v) is 5.82. The SMILES string of the molecule is COc1cccc(N2CCCC3(CCCNC3)C2=O)c1.Cl. The minimum absolute atomic E-state index is 0. The number of piperidine rings is 2. The number of hydrogen-bond acceptors (Lipinski definition) is 3. The van der Waals surface area contributed by atoms with Crippen LogP contribution in [0.1, 0.15) is 25.7 Å². The molecule has 2 aliphatic rings. The number of carbonyl (C=O) groups is 1. The van der Waals surface area contributed by atoms with Crippen LogP contribution >= 0.6 is 12.4 Å². The van der Waals surface area contributed by atoms with Crippen LogP contribution in [0.3, 0.4) is 0 Å². The Balaban J connectivity index is 0.00000161. The molecule has 0 saturated carbocycles. The predicted octanol–water partition coefficient (Wildman–Crippen LogP) is 2.61. The third kappa shape index (κ3) is 3.01. The smallest absolute Gasteiger partial charge is 0.234 e. The average Bonchev–Trinajstić information content (AvgIpc) is 2.51. The first kappa shape index (κ1) is 16.1. The number of anilines is 1. The fourth-order valence-electron chi connectivity index (χ4n) is 3.46. The Bertz CT molecular complexity index is 495. The van der Waals surface area contributed by atoms with E-state index >= 15 is 0 Å². The summed E-state index contributed by atoms with van der Waals surface area (Å²) in [4.78, 5) is 14.9. The van der Waals surface area contributed by atoms with Crippen molar-refractivity contribution in [3.63, 3.8) is 0 Å². The Morgan fingerprint density at radius 3 is 2.81 bits per heavy atom. The van der Waals surface area contributed by atoms with E-state index in [0.717, 1.165) is 56.8 Å². The van der Waals surface area contributed by atoms with E-state index in [1.54, 1.807) is 7.11 Å². The molecule has 1 aromatic rings. The fourth-order valence-corrected chi connectivity index (χ4v) is 3.46. The number of amides is 1. The molecular weight excluding hydrogens is 288 g/mol. The Kier molecular flexibility index (Phi) is 5.12. The number of ether oxygens (including phenoxy) is 1. The highest BCUT2D eigenvalue weighted by molar-refractivity contribution is 5.98. The molecule has 5 heteroatoms. The van der Waals surface area contributed by atoms with E-state index in [1.807, 2.05) is 29.2 Å². The van der Waals surface area contributed by atoms with Crippen molar-refractivity contribution >= 4 is 24.0 Å². The standard InChI is InChI=1S/C16H22N2O2.ClH/c1-20-14-6-2-5-13(11-14)18-10-4-8-16(15(18)19)7-3-9-17-12-16;/h2,5-6,11,17H,3-4,7-10,12H2,1H3;1H. The van der Waals surface area contributed by atoms with Gasteiger partial charge in [-0.1, -0.05) is 6.07 Å². The van der Waals surface area contributed by atoms with Crippen molar-refractivity contribution in [2.75, 3.05) is 31.6 Å². The molecule has 1 amide bonds. The highest BCUT2D eigenvalue weighted by atomic mass is 35.5. The van der Waals surface area contributed by atoms with Crippen molar-refractivity contribution in [3.8, 4) is 5.75 Å². The normalized spacial score (nSPS) is 25.6. The molecular formula is C16H23ClN2O2. The zero-order valence-electron chi connectivity index (χ0n) is 12.4. The predicted molar refractivity (Wildman–Crippen MR) is 86.4 cm³/mol. The van der Waals surface area contributed by atoms with Gasteiger partial charge < -0.3 is 15.0 Å². The van der Waals surface area contributed by atoms with Crippen molar-refractivity contribution in [1.29, 1.82) is 0 Å². The molecule has 0 radical (unpaired) electrons. The van der Waals surface area contributed by atoms with Crippen molar-refractivity contribution in [2.24, 2.45) is 5.41 Å². The number of carbonyl (C=O) groups excluding carboxylic acids is 1. The molecule has 2 heterocycles. The van der Waals surface area contributed by atoms with Gasteiger partial charge in [-0.05, 0) is 44.4 Å². The maximum atomic E-state index is 12.9. The number of rotatable bonds is 2. The van der Waals surface area contributed by atoms with Crippen LogP contribution in [-0.2, 0) is 4.79 Å². The van der Waals surface area contributed by atoms with Crippen LogP contribution in [0.5, 0.6) is 5.75 Å². The molecule has 1 N–H and O–H groups in total. The lowest BCUT2D eigenvalue weighted by Gasteiger charge is -2.44. The topological polar surface area (TPSA) is 41.6 Å². The van der Waals surface area contributed by atoms with Gasteiger partial charge in [-0.3, -0.25) is 4.79 Å². The van der Waals surface area contributed by atoms with Crippen LogP contribution < -0.4 is 15.0 Å². The van der Waals surface area contributed by atoms with E-state index in [2.05, 4.69) is 5.32 Å². The summed E-state index contributed by atoms with van der Waals surface area (Å²) in [5.41, 5.74) is 0.776. The van der Waals surface area contributed by atoms with Gasteiger partial charge in [0.15, 0.2) is 0 Å². The number of methoxy groups -OCH3 is 1. The van der Waals surface area contributed by atoms with E-state index in [-0.39, 0.29) is 23.7 Å². The second kappa shape index (κ2) is 6.67. The van der Waals surface area contributed by atoms with Gasteiger partial charge in [-0.25, -0.2) is 0 Å². The van der Waals surface area contributed by atoms with Crippen molar-refractivity contribution in [1.82, 2.24) is 5.32 Å². The average molecular weight is 311 g/mol. The summed E-state index contributed by atoms with van der Waals surface area (Å²) in [5.74, 6) is 1.08. The number of nitrogens with one attached hydrogen (secondary N) is 1. The Morgan fingerprint density at radius 1 is 1.29 bits per heavy atom. The lowest BCUT2D eigenvalue weighted by atomic mass is 9.73.